The van der Waals surface area contributed by atoms with Crippen molar-refractivity contribution in [2.45, 2.75) is 90.3 Å². The van der Waals surface area contributed by atoms with Crippen LogP contribution >= 0.6 is 0 Å². The summed E-state index contributed by atoms with van der Waals surface area (Å²) in [6.07, 6.45) is 12.5. The number of hydrogen-bond donors (Lipinski definition) is 0. The number of halogens is 2. The van der Waals surface area contributed by atoms with Crippen molar-refractivity contribution in [3.63, 3.8) is 0 Å². The number of ether oxygens (including phenoxy) is 1. The third-order valence-electron chi connectivity index (χ3n) is 6.56. The van der Waals surface area contributed by atoms with E-state index < -0.39 is 6.11 Å². The minimum Gasteiger partial charge on any atom is -0.313 e. The Bertz CT molecular complexity index is 486. The van der Waals surface area contributed by atoms with Crippen LogP contribution in [-0.2, 0) is 4.74 Å². The van der Waals surface area contributed by atoms with Crippen LogP contribution in [0.5, 0.6) is 0 Å². The molecule has 1 fully saturated rings. The van der Waals surface area contributed by atoms with Crippen LogP contribution in [0.2, 0.25) is 0 Å². The third kappa shape index (κ3) is 4.47. The van der Waals surface area contributed by atoms with E-state index in [4.69, 9.17) is 4.74 Å². The Kier molecular flexibility index (Phi) is 5.79. The second-order valence-electron chi connectivity index (χ2n) is 8.34. The van der Waals surface area contributed by atoms with Gasteiger partial charge in [-0.05, 0) is 76.5 Å². The van der Waals surface area contributed by atoms with E-state index in [1.54, 1.807) is 11.6 Å². The number of allylic oxidation sites excluding steroid dienone is 2. The van der Waals surface area contributed by atoms with Crippen LogP contribution in [0.15, 0.2) is 23.3 Å². The molecule has 1 aliphatic heterocycles. The van der Waals surface area contributed by atoms with E-state index in [1.165, 1.54) is 51.9 Å². The van der Waals surface area contributed by atoms with E-state index in [1.807, 2.05) is 0 Å². The monoisotopic (exact) mass is 338 g/mol. The van der Waals surface area contributed by atoms with Crippen LogP contribution in [-0.4, -0.2) is 12.2 Å². The molecule has 0 aromatic heterocycles. The van der Waals surface area contributed by atoms with Gasteiger partial charge in [0.15, 0.2) is 0 Å². The molecule has 0 bridgehead atoms. The lowest BCUT2D eigenvalue weighted by Gasteiger charge is -2.37. The lowest BCUT2D eigenvalue weighted by Crippen LogP contribution is -2.38. The quantitative estimate of drug-likeness (QED) is 0.522. The predicted octanol–water partition coefficient (Wildman–Crippen LogP) is 6.65. The molecule has 2 aliphatic carbocycles. The molecule has 0 spiro atoms. The lowest BCUT2D eigenvalue weighted by atomic mass is 9.75. The maximum absolute atomic E-state index is 13.7. The van der Waals surface area contributed by atoms with E-state index in [-0.39, 0.29) is 11.7 Å². The summed E-state index contributed by atoms with van der Waals surface area (Å²) in [5, 5.41) is 0. The van der Waals surface area contributed by atoms with Gasteiger partial charge in [0.05, 0.1) is 6.10 Å². The van der Waals surface area contributed by atoms with Gasteiger partial charge < -0.3 is 4.74 Å². The van der Waals surface area contributed by atoms with Crippen molar-refractivity contribution < 1.29 is 13.5 Å². The minimum atomic E-state index is -3.05. The summed E-state index contributed by atoms with van der Waals surface area (Å²) in [4.78, 5) is 0. The first-order valence-electron chi connectivity index (χ1n) is 9.82. The van der Waals surface area contributed by atoms with Gasteiger partial charge >= 0.3 is 6.11 Å². The number of hydrogen-bond acceptors (Lipinski definition) is 1. The largest absolute Gasteiger partial charge is 0.379 e. The van der Waals surface area contributed by atoms with Crippen molar-refractivity contribution in [1.82, 2.24) is 0 Å². The summed E-state index contributed by atoms with van der Waals surface area (Å²) in [6.45, 7) is 3.71. The average molecular weight is 338 g/mol. The van der Waals surface area contributed by atoms with Gasteiger partial charge in [0.25, 0.3) is 0 Å². The maximum Gasteiger partial charge on any atom is 0.379 e. The Balaban J connectivity index is 1.40. The summed E-state index contributed by atoms with van der Waals surface area (Å²) in [5.41, 5.74) is 1.63. The Morgan fingerprint density at radius 1 is 0.958 bits per heavy atom. The molecule has 24 heavy (non-hydrogen) atoms. The highest BCUT2D eigenvalue weighted by molar-refractivity contribution is 5.10. The molecule has 0 aromatic carbocycles. The first kappa shape index (κ1) is 18.1. The molecule has 1 saturated carbocycles. The van der Waals surface area contributed by atoms with Crippen molar-refractivity contribution in [3.8, 4) is 0 Å². The van der Waals surface area contributed by atoms with Crippen molar-refractivity contribution in [2.24, 2.45) is 17.8 Å². The van der Waals surface area contributed by atoms with Gasteiger partial charge in [-0.1, -0.05) is 37.0 Å². The molecule has 3 aliphatic rings. The molecule has 1 heterocycles. The van der Waals surface area contributed by atoms with Crippen LogP contribution in [0.3, 0.4) is 0 Å². The summed E-state index contributed by atoms with van der Waals surface area (Å²) in [7, 11) is 0. The van der Waals surface area contributed by atoms with Crippen molar-refractivity contribution in [1.29, 1.82) is 0 Å². The Morgan fingerprint density at radius 3 is 2.29 bits per heavy atom. The van der Waals surface area contributed by atoms with Gasteiger partial charge in [-0.3, -0.25) is 0 Å². The first-order chi connectivity index (χ1) is 11.4. The number of rotatable bonds is 4. The lowest BCUT2D eigenvalue weighted by molar-refractivity contribution is -0.253. The molecular weight excluding hydrogens is 306 g/mol. The zero-order chi connectivity index (χ0) is 17.2. The van der Waals surface area contributed by atoms with Crippen LogP contribution in [0.25, 0.3) is 0 Å². The zero-order valence-corrected chi connectivity index (χ0v) is 15.2. The van der Waals surface area contributed by atoms with Crippen molar-refractivity contribution in [2.75, 3.05) is 0 Å². The summed E-state index contributed by atoms with van der Waals surface area (Å²) >= 11 is 0. The predicted molar refractivity (Wildman–Crippen MR) is 94.0 cm³/mol. The van der Waals surface area contributed by atoms with Crippen LogP contribution < -0.4 is 0 Å². The minimum absolute atomic E-state index is 0.0733. The zero-order valence-electron chi connectivity index (χ0n) is 15.2. The highest BCUT2D eigenvalue weighted by atomic mass is 19.3. The van der Waals surface area contributed by atoms with Crippen LogP contribution in [0, 0.1) is 17.8 Å². The Labute approximate surface area is 145 Å². The fraction of sp³-hybridized carbons (Fsp3) is 0.810. The highest BCUT2D eigenvalue weighted by Gasteiger charge is 2.41. The van der Waals surface area contributed by atoms with Crippen molar-refractivity contribution in [3.05, 3.63) is 23.3 Å². The Hall–Kier alpha value is -0.700. The molecular formula is C21H32F2O. The molecule has 136 valence electrons. The standard InChI is InChI=1S/C21H32F2O/c1-15-3-6-17(7-4-15)8-9-18-10-12-19(13-11-18)20-14-5-16(2)21(22,23)24-20/h3,5,17-20H,4,6-14H2,1-2H3. The average Bonchev–Trinajstić information content (AvgIpc) is 2.57. The van der Waals surface area contributed by atoms with E-state index >= 15 is 0 Å². The van der Waals surface area contributed by atoms with Gasteiger partial charge in [0, 0.05) is 5.57 Å². The van der Waals surface area contributed by atoms with Gasteiger partial charge in [0.1, 0.15) is 0 Å². The van der Waals surface area contributed by atoms with Gasteiger partial charge in [-0.25, -0.2) is 0 Å². The van der Waals surface area contributed by atoms with Gasteiger partial charge in [-0.15, -0.1) is 0 Å². The molecule has 0 aromatic rings. The van der Waals surface area contributed by atoms with E-state index in [9.17, 15) is 8.78 Å². The maximum atomic E-state index is 13.7. The molecule has 0 amide bonds. The summed E-state index contributed by atoms with van der Waals surface area (Å²) in [6, 6.07) is 0. The van der Waals surface area contributed by atoms with Crippen LogP contribution in [0.4, 0.5) is 8.78 Å². The van der Waals surface area contributed by atoms with Crippen LogP contribution in [0.1, 0.15) is 78.1 Å². The summed E-state index contributed by atoms with van der Waals surface area (Å²) in [5.74, 6) is 1.99. The topological polar surface area (TPSA) is 9.23 Å². The molecule has 2 unspecified atom stereocenters. The SMILES string of the molecule is CC1=CCC(CCC2CCC(C3CC=C(C)C(F)(F)O3)CC2)CC1. The van der Waals surface area contributed by atoms with Gasteiger partial charge in [-0.2, -0.15) is 8.78 Å². The number of alkyl halides is 2. The molecule has 1 nitrogen and oxygen atoms in total. The first-order valence-corrected chi connectivity index (χ1v) is 9.82. The van der Waals surface area contributed by atoms with Gasteiger partial charge in [0.2, 0.25) is 0 Å². The van der Waals surface area contributed by atoms with Crippen molar-refractivity contribution >= 4 is 0 Å². The van der Waals surface area contributed by atoms with E-state index in [2.05, 4.69) is 13.0 Å². The second kappa shape index (κ2) is 7.68. The molecule has 0 saturated heterocycles. The highest BCUT2D eigenvalue weighted by Crippen LogP contribution is 2.41. The molecule has 2 atom stereocenters. The smallest absolute Gasteiger partial charge is 0.313 e. The fourth-order valence-electron chi connectivity index (χ4n) is 4.63. The summed E-state index contributed by atoms with van der Waals surface area (Å²) < 4.78 is 32.6. The van der Waals surface area contributed by atoms with E-state index in [0.717, 1.165) is 24.7 Å². The Morgan fingerprint density at radius 2 is 1.67 bits per heavy atom. The molecule has 3 rings (SSSR count). The molecule has 0 radical (unpaired) electrons. The third-order valence-corrected chi connectivity index (χ3v) is 6.56. The molecule has 3 heteroatoms. The second-order valence-corrected chi connectivity index (χ2v) is 8.34. The van der Waals surface area contributed by atoms with E-state index in [0.29, 0.717) is 12.3 Å². The fourth-order valence-corrected chi connectivity index (χ4v) is 4.63. The normalized spacial score (nSPS) is 36.8. The molecule has 0 N–H and O–H groups in total.